The third-order valence-electron chi connectivity index (χ3n) is 2.42. The lowest BCUT2D eigenvalue weighted by Crippen LogP contribution is -2.20. The second-order valence-corrected chi connectivity index (χ2v) is 3.58. The van der Waals surface area contributed by atoms with Gasteiger partial charge >= 0.3 is 5.56 Å². The number of nitrogens with two attached hydrogens (primary N) is 1. The summed E-state index contributed by atoms with van der Waals surface area (Å²) >= 11 is 0. The lowest BCUT2D eigenvalue weighted by atomic mass is 10.3. The first-order valence-electron chi connectivity index (χ1n) is 5.40. The van der Waals surface area contributed by atoms with E-state index in [1.54, 1.807) is 0 Å². The van der Waals surface area contributed by atoms with Crippen LogP contribution in [-0.2, 0) is 6.54 Å². The van der Waals surface area contributed by atoms with Gasteiger partial charge < -0.3 is 15.0 Å². The number of hydrogen-bond acceptors (Lipinski definition) is 4. The predicted molar refractivity (Wildman–Crippen MR) is 65.1 cm³/mol. The van der Waals surface area contributed by atoms with Crippen LogP contribution in [0.2, 0.25) is 0 Å². The summed E-state index contributed by atoms with van der Waals surface area (Å²) in [7, 11) is 0. The summed E-state index contributed by atoms with van der Waals surface area (Å²) < 4.78 is 20.1. The Morgan fingerprint density at radius 1 is 1.50 bits per heavy atom. The van der Waals surface area contributed by atoms with E-state index < -0.39 is 11.4 Å². The monoisotopic (exact) mass is 249 g/mol. The normalized spacial score (nSPS) is 10.3. The number of nitrogens with zero attached hydrogens (tertiary/aromatic N) is 2. The van der Waals surface area contributed by atoms with E-state index >= 15 is 0 Å². The van der Waals surface area contributed by atoms with Gasteiger partial charge in [-0.15, -0.1) is 0 Å². The summed E-state index contributed by atoms with van der Waals surface area (Å²) in [6.45, 7) is 2.28. The number of aromatic nitrogens is 2. The first-order chi connectivity index (χ1) is 8.63. The van der Waals surface area contributed by atoms with Gasteiger partial charge in [0.1, 0.15) is 0 Å². The Labute approximate surface area is 103 Å². The molecule has 1 aromatic heterocycles. The number of para-hydroxylation sites is 1. The molecule has 2 N–H and O–H groups in total. The first-order valence-corrected chi connectivity index (χ1v) is 5.40. The van der Waals surface area contributed by atoms with Crippen LogP contribution in [0.5, 0.6) is 11.6 Å². The van der Waals surface area contributed by atoms with Crippen LogP contribution >= 0.6 is 0 Å². The minimum Gasteiger partial charge on any atom is -0.429 e. The van der Waals surface area contributed by atoms with Gasteiger partial charge in [-0.1, -0.05) is 6.07 Å². The standard InChI is InChI=1S/C12H12FN3O2/c1-2-16-7-6-15-11(12(16)17)18-10-8(13)4-3-5-9(10)14/h3-7H,2,14H2,1H3. The van der Waals surface area contributed by atoms with Gasteiger partial charge in [-0.3, -0.25) is 4.79 Å². The molecule has 0 atom stereocenters. The number of ether oxygens (including phenoxy) is 1. The number of aryl methyl sites for hydroxylation is 1. The molecule has 5 nitrogen and oxygen atoms in total. The molecule has 0 aliphatic rings. The topological polar surface area (TPSA) is 70.1 Å². The van der Waals surface area contributed by atoms with E-state index in [0.29, 0.717) is 6.54 Å². The van der Waals surface area contributed by atoms with Crippen LogP contribution in [0.1, 0.15) is 6.92 Å². The zero-order valence-corrected chi connectivity index (χ0v) is 9.76. The molecule has 0 saturated heterocycles. The van der Waals surface area contributed by atoms with Crippen molar-refractivity contribution in [3.05, 3.63) is 46.8 Å². The maximum absolute atomic E-state index is 13.5. The number of benzene rings is 1. The molecule has 0 bridgehead atoms. The molecule has 1 heterocycles. The molecule has 2 aromatic rings. The van der Waals surface area contributed by atoms with Crippen LogP contribution in [0, 0.1) is 5.82 Å². The molecule has 94 valence electrons. The average Bonchev–Trinajstić information content (AvgIpc) is 2.36. The number of rotatable bonds is 3. The average molecular weight is 249 g/mol. The van der Waals surface area contributed by atoms with Crippen molar-refractivity contribution in [1.29, 1.82) is 0 Å². The Kier molecular flexibility index (Phi) is 3.27. The number of hydrogen-bond donors (Lipinski definition) is 1. The van der Waals surface area contributed by atoms with E-state index in [-0.39, 0.29) is 17.3 Å². The van der Waals surface area contributed by atoms with Crippen molar-refractivity contribution in [1.82, 2.24) is 9.55 Å². The van der Waals surface area contributed by atoms with Crippen LogP contribution in [-0.4, -0.2) is 9.55 Å². The highest BCUT2D eigenvalue weighted by atomic mass is 19.1. The maximum atomic E-state index is 13.5. The van der Waals surface area contributed by atoms with E-state index in [2.05, 4.69) is 4.98 Å². The van der Waals surface area contributed by atoms with Gasteiger partial charge in [0, 0.05) is 18.9 Å². The Morgan fingerprint density at radius 3 is 2.94 bits per heavy atom. The SMILES string of the molecule is CCn1ccnc(Oc2c(N)cccc2F)c1=O. The van der Waals surface area contributed by atoms with Crippen molar-refractivity contribution in [3.8, 4) is 11.6 Å². The number of nitrogen functional groups attached to an aromatic ring is 1. The summed E-state index contributed by atoms with van der Waals surface area (Å²) in [6.07, 6.45) is 2.94. The molecular formula is C12H12FN3O2. The molecule has 0 fully saturated rings. The fourth-order valence-electron chi connectivity index (χ4n) is 1.48. The van der Waals surface area contributed by atoms with Crippen molar-refractivity contribution in [2.75, 3.05) is 5.73 Å². The quantitative estimate of drug-likeness (QED) is 0.842. The molecule has 18 heavy (non-hydrogen) atoms. The van der Waals surface area contributed by atoms with Gasteiger partial charge in [0.25, 0.3) is 5.88 Å². The first kappa shape index (κ1) is 12.1. The smallest absolute Gasteiger partial charge is 0.313 e. The zero-order valence-electron chi connectivity index (χ0n) is 9.76. The highest BCUT2D eigenvalue weighted by molar-refractivity contribution is 5.53. The Balaban J connectivity index is 2.44. The number of anilines is 1. The van der Waals surface area contributed by atoms with E-state index in [1.807, 2.05) is 6.92 Å². The molecule has 0 radical (unpaired) electrons. The molecule has 0 aliphatic carbocycles. The summed E-state index contributed by atoms with van der Waals surface area (Å²) in [5.74, 6) is -1.02. The van der Waals surface area contributed by atoms with Crippen LogP contribution in [0.15, 0.2) is 35.4 Å². The number of halogens is 1. The molecule has 0 spiro atoms. The second kappa shape index (κ2) is 4.87. The Hall–Kier alpha value is -2.37. The summed E-state index contributed by atoms with van der Waals surface area (Å²) in [5, 5.41) is 0. The Morgan fingerprint density at radius 2 is 2.28 bits per heavy atom. The van der Waals surface area contributed by atoms with E-state index in [9.17, 15) is 9.18 Å². The fraction of sp³-hybridized carbons (Fsp3) is 0.167. The third-order valence-corrected chi connectivity index (χ3v) is 2.42. The van der Waals surface area contributed by atoms with Crippen molar-refractivity contribution >= 4 is 5.69 Å². The lowest BCUT2D eigenvalue weighted by Gasteiger charge is -2.09. The van der Waals surface area contributed by atoms with Crippen LogP contribution in [0.25, 0.3) is 0 Å². The van der Waals surface area contributed by atoms with Crippen LogP contribution in [0.4, 0.5) is 10.1 Å². The maximum Gasteiger partial charge on any atom is 0.313 e. The van der Waals surface area contributed by atoms with Crippen LogP contribution < -0.4 is 16.0 Å². The van der Waals surface area contributed by atoms with Crippen molar-refractivity contribution < 1.29 is 9.13 Å². The van der Waals surface area contributed by atoms with Gasteiger partial charge in [0.15, 0.2) is 11.6 Å². The molecule has 6 heteroatoms. The third kappa shape index (κ3) is 2.17. The fourth-order valence-corrected chi connectivity index (χ4v) is 1.48. The van der Waals surface area contributed by atoms with Crippen molar-refractivity contribution in [2.45, 2.75) is 13.5 Å². The van der Waals surface area contributed by atoms with E-state index in [0.717, 1.165) is 0 Å². The second-order valence-electron chi connectivity index (χ2n) is 3.58. The minimum atomic E-state index is -0.636. The summed E-state index contributed by atoms with van der Waals surface area (Å²) in [4.78, 5) is 15.6. The minimum absolute atomic E-state index is 0.114. The van der Waals surface area contributed by atoms with Gasteiger partial charge in [0.2, 0.25) is 0 Å². The van der Waals surface area contributed by atoms with Crippen molar-refractivity contribution in [2.24, 2.45) is 0 Å². The summed E-state index contributed by atoms with van der Waals surface area (Å²) in [5.41, 5.74) is 5.27. The van der Waals surface area contributed by atoms with Crippen LogP contribution in [0.3, 0.4) is 0 Å². The zero-order chi connectivity index (χ0) is 13.1. The van der Waals surface area contributed by atoms with Gasteiger partial charge in [0.05, 0.1) is 5.69 Å². The summed E-state index contributed by atoms with van der Waals surface area (Å²) in [6, 6.07) is 4.15. The molecule has 0 aliphatic heterocycles. The predicted octanol–water partition coefficient (Wildman–Crippen LogP) is 1.78. The molecule has 2 rings (SSSR count). The molecule has 0 unspecified atom stereocenters. The highest BCUT2D eigenvalue weighted by Gasteiger charge is 2.12. The van der Waals surface area contributed by atoms with E-state index in [4.69, 9.17) is 10.5 Å². The molecular weight excluding hydrogens is 237 g/mol. The van der Waals surface area contributed by atoms with Gasteiger partial charge in [-0.2, -0.15) is 0 Å². The largest absolute Gasteiger partial charge is 0.429 e. The molecule has 1 aromatic carbocycles. The lowest BCUT2D eigenvalue weighted by molar-refractivity contribution is 0.417. The molecule has 0 saturated carbocycles. The van der Waals surface area contributed by atoms with E-state index in [1.165, 1.54) is 35.2 Å². The highest BCUT2D eigenvalue weighted by Crippen LogP contribution is 2.27. The Bertz CT molecular complexity index is 605. The van der Waals surface area contributed by atoms with Crippen molar-refractivity contribution in [3.63, 3.8) is 0 Å². The molecule has 0 amide bonds. The van der Waals surface area contributed by atoms with Gasteiger partial charge in [-0.05, 0) is 19.1 Å². The van der Waals surface area contributed by atoms with Gasteiger partial charge in [-0.25, -0.2) is 9.37 Å².